The first kappa shape index (κ1) is 12.5. The first-order valence-electron chi connectivity index (χ1n) is 6.29. The minimum absolute atomic E-state index is 0.264. The zero-order valence-electron chi connectivity index (χ0n) is 11.0. The molecule has 7 heteroatoms. The summed E-state index contributed by atoms with van der Waals surface area (Å²) in [5, 5.41) is 10.9. The van der Waals surface area contributed by atoms with E-state index in [0.717, 1.165) is 5.56 Å². The number of rotatable bonds is 4. The molecule has 0 radical (unpaired) electrons. The van der Waals surface area contributed by atoms with E-state index in [2.05, 4.69) is 25.6 Å². The van der Waals surface area contributed by atoms with Crippen LogP contribution in [-0.2, 0) is 13.1 Å². The summed E-state index contributed by atoms with van der Waals surface area (Å²) in [4.78, 5) is 19.0. The Balaban J connectivity index is 2.05. The van der Waals surface area contributed by atoms with Gasteiger partial charge < -0.3 is 10.3 Å². The standard InChI is InChI=1S/C13H14N6O/c1-14-7-10-15-12-11(13(20)16-10)17-18-19(12)8-9-5-3-2-4-6-9/h2-6,14H,7-8H2,1H3,(H,15,16,20). The Kier molecular flexibility index (Phi) is 3.26. The zero-order chi connectivity index (χ0) is 13.9. The average Bonchev–Trinajstić information content (AvgIpc) is 2.84. The van der Waals surface area contributed by atoms with Crippen molar-refractivity contribution < 1.29 is 0 Å². The first-order chi connectivity index (χ1) is 9.78. The third-order valence-electron chi connectivity index (χ3n) is 2.94. The number of benzene rings is 1. The molecular formula is C13H14N6O. The molecule has 0 saturated carbocycles. The quantitative estimate of drug-likeness (QED) is 0.711. The molecule has 0 aliphatic heterocycles. The summed E-state index contributed by atoms with van der Waals surface area (Å²) in [6.07, 6.45) is 0. The Bertz CT molecular complexity index is 776. The molecule has 0 amide bonds. The number of fused-ring (bicyclic) bond motifs is 1. The van der Waals surface area contributed by atoms with Crippen LogP contribution in [0, 0.1) is 0 Å². The first-order valence-corrected chi connectivity index (χ1v) is 6.29. The van der Waals surface area contributed by atoms with Gasteiger partial charge in [-0.2, -0.15) is 0 Å². The fourth-order valence-corrected chi connectivity index (χ4v) is 2.03. The molecule has 3 rings (SSSR count). The van der Waals surface area contributed by atoms with Crippen LogP contribution in [-0.4, -0.2) is 32.0 Å². The minimum atomic E-state index is -0.264. The molecule has 0 aliphatic rings. The number of aromatic nitrogens is 5. The highest BCUT2D eigenvalue weighted by molar-refractivity contribution is 5.68. The minimum Gasteiger partial charge on any atom is -0.313 e. The fourth-order valence-electron chi connectivity index (χ4n) is 2.03. The molecule has 0 bridgehead atoms. The summed E-state index contributed by atoms with van der Waals surface area (Å²) in [7, 11) is 1.80. The second kappa shape index (κ2) is 5.22. The van der Waals surface area contributed by atoms with Gasteiger partial charge in [0.05, 0.1) is 13.1 Å². The Hall–Kier alpha value is -2.54. The van der Waals surface area contributed by atoms with Crippen LogP contribution in [0.3, 0.4) is 0 Å². The van der Waals surface area contributed by atoms with Crippen molar-refractivity contribution in [3.05, 3.63) is 52.1 Å². The SMILES string of the molecule is CNCc1nc2c(nnn2Cc2ccccc2)c(=O)[nH]1. The lowest BCUT2D eigenvalue weighted by atomic mass is 10.2. The molecular weight excluding hydrogens is 256 g/mol. The second-order valence-corrected chi connectivity index (χ2v) is 4.45. The number of hydrogen-bond acceptors (Lipinski definition) is 5. The topological polar surface area (TPSA) is 88.5 Å². The predicted molar refractivity (Wildman–Crippen MR) is 74.3 cm³/mol. The molecule has 0 spiro atoms. The molecule has 7 nitrogen and oxygen atoms in total. The molecule has 3 aromatic rings. The van der Waals surface area contributed by atoms with Gasteiger partial charge in [-0.05, 0) is 12.6 Å². The van der Waals surface area contributed by atoms with Crippen molar-refractivity contribution in [3.63, 3.8) is 0 Å². The number of H-pyrrole nitrogens is 1. The van der Waals surface area contributed by atoms with Crippen molar-refractivity contribution >= 4 is 11.2 Å². The monoisotopic (exact) mass is 270 g/mol. The van der Waals surface area contributed by atoms with Crippen LogP contribution in [0.25, 0.3) is 11.2 Å². The lowest BCUT2D eigenvalue weighted by Gasteiger charge is -2.03. The van der Waals surface area contributed by atoms with E-state index in [1.54, 1.807) is 11.7 Å². The van der Waals surface area contributed by atoms with Crippen molar-refractivity contribution in [2.75, 3.05) is 7.05 Å². The molecule has 102 valence electrons. The summed E-state index contributed by atoms with van der Waals surface area (Å²) in [6.45, 7) is 1.02. The average molecular weight is 270 g/mol. The highest BCUT2D eigenvalue weighted by atomic mass is 16.1. The Morgan fingerprint density at radius 1 is 1.30 bits per heavy atom. The highest BCUT2D eigenvalue weighted by Gasteiger charge is 2.11. The molecule has 0 aliphatic carbocycles. The summed E-state index contributed by atoms with van der Waals surface area (Å²) in [6, 6.07) is 9.86. The van der Waals surface area contributed by atoms with E-state index in [1.165, 1.54) is 0 Å². The van der Waals surface area contributed by atoms with Gasteiger partial charge in [-0.3, -0.25) is 4.79 Å². The van der Waals surface area contributed by atoms with Crippen LogP contribution in [0.2, 0.25) is 0 Å². The smallest absolute Gasteiger partial charge is 0.281 e. The number of hydrogen-bond donors (Lipinski definition) is 2. The van der Waals surface area contributed by atoms with Crippen LogP contribution in [0.4, 0.5) is 0 Å². The number of nitrogens with zero attached hydrogens (tertiary/aromatic N) is 4. The summed E-state index contributed by atoms with van der Waals surface area (Å²) in [5.74, 6) is 0.571. The van der Waals surface area contributed by atoms with Crippen molar-refractivity contribution in [1.29, 1.82) is 0 Å². The Morgan fingerprint density at radius 2 is 2.10 bits per heavy atom. The molecule has 0 saturated heterocycles. The van der Waals surface area contributed by atoms with E-state index in [4.69, 9.17) is 0 Å². The van der Waals surface area contributed by atoms with Crippen molar-refractivity contribution in [2.45, 2.75) is 13.1 Å². The molecule has 2 heterocycles. The van der Waals surface area contributed by atoms with Crippen LogP contribution < -0.4 is 10.9 Å². The fraction of sp³-hybridized carbons (Fsp3) is 0.231. The second-order valence-electron chi connectivity index (χ2n) is 4.45. The lowest BCUT2D eigenvalue weighted by molar-refractivity contribution is 0.660. The van der Waals surface area contributed by atoms with Gasteiger partial charge in [0, 0.05) is 0 Å². The predicted octanol–water partition coefficient (Wildman–Crippen LogP) is 0.282. The maximum Gasteiger partial charge on any atom is 0.281 e. The normalized spacial score (nSPS) is 11.1. The van der Waals surface area contributed by atoms with Gasteiger partial charge in [-0.15, -0.1) is 5.10 Å². The van der Waals surface area contributed by atoms with Gasteiger partial charge in [-0.1, -0.05) is 35.5 Å². The van der Waals surface area contributed by atoms with E-state index >= 15 is 0 Å². The molecule has 2 N–H and O–H groups in total. The molecule has 20 heavy (non-hydrogen) atoms. The van der Waals surface area contributed by atoms with E-state index < -0.39 is 0 Å². The molecule has 0 unspecified atom stereocenters. The Morgan fingerprint density at radius 3 is 2.85 bits per heavy atom. The lowest BCUT2D eigenvalue weighted by Crippen LogP contribution is -2.17. The maximum absolute atomic E-state index is 11.9. The molecule has 0 fully saturated rings. The van der Waals surface area contributed by atoms with Crippen molar-refractivity contribution in [2.24, 2.45) is 0 Å². The molecule has 2 aromatic heterocycles. The van der Waals surface area contributed by atoms with Crippen molar-refractivity contribution in [1.82, 2.24) is 30.3 Å². The van der Waals surface area contributed by atoms with Crippen LogP contribution in [0.1, 0.15) is 11.4 Å². The van der Waals surface area contributed by atoms with Crippen molar-refractivity contribution in [3.8, 4) is 0 Å². The molecule has 1 aromatic carbocycles. The summed E-state index contributed by atoms with van der Waals surface area (Å²) in [5.41, 5.74) is 1.58. The van der Waals surface area contributed by atoms with Gasteiger partial charge in [-0.25, -0.2) is 9.67 Å². The van der Waals surface area contributed by atoms with E-state index in [-0.39, 0.29) is 11.1 Å². The number of aromatic amines is 1. The van der Waals surface area contributed by atoms with E-state index in [1.807, 2.05) is 30.3 Å². The van der Waals surface area contributed by atoms with Gasteiger partial charge in [0.2, 0.25) is 0 Å². The molecule has 0 atom stereocenters. The van der Waals surface area contributed by atoms with Gasteiger partial charge >= 0.3 is 0 Å². The summed E-state index contributed by atoms with van der Waals surface area (Å²) < 4.78 is 1.64. The van der Waals surface area contributed by atoms with Crippen LogP contribution >= 0.6 is 0 Å². The largest absolute Gasteiger partial charge is 0.313 e. The van der Waals surface area contributed by atoms with Gasteiger partial charge in [0.1, 0.15) is 5.82 Å². The third-order valence-corrected chi connectivity index (χ3v) is 2.94. The van der Waals surface area contributed by atoms with Gasteiger partial charge in [0.15, 0.2) is 11.2 Å². The third kappa shape index (κ3) is 2.30. The highest BCUT2D eigenvalue weighted by Crippen LogP contribution is 2.07. The van der Waals surface area contributed by atoms with Crippen LogP contribution in [0.5, 0.6) is 0 Å². The van der Waals surface area contributed by atoms with E-state index in [9.17, 15) is 4.79 Å². The van der Waals surface area contributed by atoms with Gasteiger partial charge in [0.25, 0.3) is 5.56 Å². The number of nitrogens with one attached hydrogen (secondary N) is 2. The Labute approximate surface area is 114 Å². The maximum atomic E-state index is 11.9. The van der Waals surface area contributed by atoms with E-state index in [0.29, 0.717) is 24.6 Å². The van der Waals surface area contributed by atoms with Crippen LogP contribution in [0.15, 0.2) is 35.1 Å². The summed E-state index contributed by atoms with van der Waals surface area (Å²) >= 11 is 0. The zero-order valence-corrected chi connectivity index (χ0v) is 11.0.